The first kappa shape index (κ1) is 15.2. The molecule has 0 rings (SSSR count). The maximum atomic E-state index is 3.68. The van der Waals surface area contributed by atoms with Gasteiger partial charge in [0.1, 0.15) is 0 Å². The first-order valence-electron chi connectivity index (χ1n) is 5.86. The third-order valence-corrected chi connectivity index (χ3v) is 2.27. The lowest BCUT2D eigenvalue weighted by molar-refractivity contribution is 0.553. The molecule has 0 fully saturated rings. The van der Waals surface area contributed by atoms with Gasteiger partial charge in [-0.05, 0) is 39.0 Å². The molecule has 1 heteroatoms. The first-order chi connectivity index (χ1) is 8.21. The molecule has 0 aliphatic heterocycles. The van der Waals surface area contributed by atoms with E-state index in [1.807, 2.05) is 51.2 Å². The molecular weight excluding hydrogens is 206 g/mol. The highest BCUT2D eigenvalue weighted by Gasteiger charge is 2.02. The van der Waals surface area contributed by atoms with Crippen molar-refractivity contribution in [3.8, 4) is 0 Å². The molecule has 0 unspecified atom stereocenters. The fourth-order valence-corrected chi connectivity index (χ4v) is 1.36. The Balaban J connectivity index is 5.12. The highest BCUT2D eigenvalue weighted by molar-refractivity contribution is 5.31. The normalized spacial score (nSPS) is 14.1. The van der Waals surface area contributed by atoms with E-state index in [4.69, 9.17) is 0 Å². The summed E-state index contributed by atoms with van der Waals surface area (Å²) >= 11 is 0. The molecule has 0 bridgehead atoms. The Labute approximate surface area is 106 Å². The Kier molecular flexibility index (Phi) is 8.48. The molecule has 0 aliphatic rings. The molecule has 1 nitrogen and oxygen atoms in total. The van der Waals surface area contributed by atoms with Gasteiger partial charge in [-0.1, -0.05) is 43.0 Å². The van der Waals surface area contributed by atoms with E-state index >= 15 is 0 Å². The lowest BCUT2D eigenvalue weighted by Crippen LogP contribution is -2.14. The van der Waals surface area contributed by atoms with Crippen molar-refractivity contribution in [1.82, 2.24) is 4.90 Å². The number of hydrogen-bond acceptors (Lipinski definition) is 1. The van der Waals surface area contributed by atoms with Crippen molar-refractivity contribution in [2.45, 2.75) is 20.8 Å². The molecule has 0 N–H and O–H groups in total. The summed E-state index contributed by atoms with van der Waals surface area (Å²) in [5.41, 5.74) is 2.28. The van der Waals surface area contributed by atoms with Gasteiger partial charge in [-0.15, -0.1) is 0 Å². The Morgan fingerprint density at radius 2 is 1.65 bits per heavy atom. The molecule has 0 spiro atoms. The largest absolute Gasteiger partial charge is 0.345 e. The third-order valence-electron chi connectivity index (χ3n) is 2.27. The molecule has 92 valence electrons. The predicted octanol–water partition coefficient (Wildman–Crippen LogP) is 4.60. The fourth-order valence-electron chi connectivity index (χ4n) is 1.36. The van der Waals surface area contributed by atoms with Crippen LogP contribution in [-0.4, -0.2) is 11.9 Å². The minimum absolute atomic E-state index is 1.14. The number of nitrogens with zero attached hydrogens (tertiary/aromatic N) is 1. The summed E-state index contributed by atoms with van der Waals surface area (Å²) in [6.45, 7) is 9.75. The van der Waals surface area contributed by atoms with Gasteiger partial charge >= 0.3 is 0 Å². The average molecular weight is 229 g/mol. The summed E-state index contributed by atoms with van der Waals surface area (Å²) in [4.78, 5) is 2.14. The molecule has 0 radical (unpaired) electrons. The van der Waals surface area contributed by atoms with Gasteiger partial charge in [-0.2, -0.15) is 0 Å². The number of allylic oxidation sites excluding steroid dienone is 9. The molecule has 17 heavy (non-hydrogen) atoms. The van der Waals surface area contributed by atoms with Crippen molar-refractivity contribution >= 4 is 0 Å². The quantitative estimate of drug-likeness (QED) is 0.602. The molecule has 0 aromatic rings. The van der Waals surface area contributed by atoms with E-state index in [0.29, 0.717) is 0 Å². The van der Waals surface area contributed by atoms with Crippen LogP contribution in [0.5, 0.6) is 0 Å². The van der Waals surface area contributed by atoms with Crippen molar-refractivity contribution in [3.05, 3.63) is 72.7 Å². The molecule has 0 aromatic heterocycles. The van der Waals surface area contributed by atoms with E-state index in [0.717, 1.165) is 11.4 Å². The van der Waals surface area contributed by atoms with Gasteiger partial charge in [-0.3, -0.25) is 0 Å². The van der Waals surface area contributed by atoms with Gasteiger partial charge in [0.15, 0.2) is 0 Å². The summed E-state index contributed by atoms with van der Waals surface area (Å²) in [6.07, 6.45) is 18.1. The average Bonchev–Trinajstić information content (AvgIpc) is 2.35. The molecule has 0 saturated carbocycles. The monoisotopic (exact) mass is 229 g/mol. The van der Waals surface area contributed by atoms with Crippen LogP contribution in [0.3, 0.4) is 0 Å². The van der Waals surface area contributed by atoms with Crippen LogP contribution >= 0.6 is 0 Å². The maximum absolute atomic E-state index is 3.68. The predicted molar refractivity (Wildman–Crippen MR) is 78.6 cm³/mol. The SMILES string of the molecule is C=C/C=C\C(=C/C)N(C)C(/C=C\C)=C/C=C\C. The van der Waals surface area contributed by atoms with Crippen molar-refractivity contribution in [2.24, 2.45) is 0 Å². The number of hydrogen-bond donors (Lipinski definition) is 0. The van der Waals surface area contributed by atoms with Crippen molar-refractivity contribution in [1.29, 1.82) is 0 Å². The standard InChI is InChI=1S/C16H23N/c1-6-10-13-15(9-4)17(5)16(12-8-3)14-11-7-2/h6-14H,1H2,2-5H3/b11-7-,12-8-,13-10-,15-9+,16-14+. The molecule has 0 aromatic carbocycles. The van der Waals surface area contributed by atoms with Crippen LogP contribution in [0.15, 0.2) is 72.7 Å². The first-order valence-corrected chi connectivity index (χ1v) is 5.86. The van der Waals surface area contributed by atoms with Crippen molar-refractivity contribution in [2.75, 3.05) is 7.05 Å². The van der Waals surface area contributed by atoms with Crippen molar-refractivity contribution < 1.29 is 0 Å². The van der Waals surface area contributed by atoms with Gasteiger partial charge in [0.05, 0.1) is 0 Å². The molecule has 0 amide bonds. The van der Waals surface area contributed by atoms with Gasteiger partial charge in [0.25, 0.3) is 0 Å². The minimum atomic E-state index is 1.14. The molecule has 0 aliphatic carbocycles. The van der Waals surface area contributed by atoms with Gasteiger partial charge in [-0.25, -0.2) is 0 Å². The smallest absolute Gasteiger partial charge is 0.0404 e. The highest BCUT2D eigenvalue weighted by atomic mass is 15.1. The zero-order chi connectivity index (χ0) is 13.1. The Hall–Kier alpha value is -1.76. The maximum Gasteiger partial charge on any atom is 0.0404 e. The summed E-state index contributed by atoms with van der Waals surface area (Å²) in [7, 11) is 2.05. The lowest BCUT2D eigenvalue weighted by Gasteiger charge is -2.21. The van der Waals surface area contributed by atoms with Crippen molar-refractivity contribution in [3.63, 3.8) is 0 Å². The van der Waals surface area contributed by atoms with Gasteiger partial charge < -0.3 is 4.90 Å². The zero-order valence-corrected chi connectivity index (χ0v) is 11.4. The number of rotatable bonds is 6. The van der Waals surface area contributed by atoms with E-state index in [9.17, 15) is 0 Å². The van der Waals surface area contributed by atoms with E-state index in [2.05, 4.69) is 36.8 Å². The van der Waals surface area contributed by atoms with E-state index in [-0.39, 0.29) is 0 Å². The second-order valence-corrected chi connectivity index (χ2v) is 3.48. The topological polar surface area (TPSA) is 3.24 Å². The Morgan fingerprint density at radius 3 is 2.12 bits per heavy atom. The second kappa shape index (κ2) is 9.46. The van der Waals surface area contributed by atoms with Crippen LogP contribution in [-0.2, 0) is 0 Å². The summed E-state index contributed by atoms with van der Waals surface area (Å²) in [6, 6.07) is 0. The van der Waals surface area contributed by atoms with Gasteiger partial charge in [0.2, 0.25) is 0 Å². The zero-order valence-electron chi connectivity index (χ0n) is 11.4. The Bertz CT molecular complexity index is 365. The van der Waals surface area contributed by atoms with Crippen LogP contribution in [0, 0.1) is 0 Å². The van der Waals surface area contributed by atoms with E-state index in [1.54, 1.807) is 6.08 Å². The van der Waals surface area contributed by atoms with Crippen LogP contribution < -0.4 is 0 Å². The summed E-state index contributed by atoms with van der Waals surface area (Å²) in [5, 5.41) is 0. The van der Waals surface area contributed by atoms with Crippen LogP contribution in [0.4, 0.5) is 0 Å². The van der Waals surface area contributed by atoms with Crippen LogP contribution in [0.1, 0.15) is 20.8 Å². The van der Waals surface area contributed by atoms with Crippen LogP contribution in [0.25, 0.3) is 0 Å². The van der Waals surface area contributed by atoms with E-state index < -0.39 is 0 Å². The fraction of sp³-hybridized carbons (Fsp3) is 0.250. The van der Waals surface area contributed by atoms with Gasteiger partial charge in [0, 0.05) is 18.4 Å². The molecule has 0 atom stereocenters. The lowest BCUT2D eigenvalue weighted by atomic mass is 10.2. The van der Waals surface area contributed by atoms with Crippen LogP contribution in [0.2, 0.25) is 0 Å². The second-order valence-electron chi connectivity index (χ2n) is 3.48. The highest BCUT2D eigenvalue weighted by Crippen LogP contribution is 2.13. The van der Waals surface area contributed by atoms with E-state index in [1.165, 1.54) is 0 Å². The third kappa shape index (κ3) is 5.76. The summed E-state index contributed by atoms with van der Waals surface area (Å²) < 4.78 is 0. The molecule has 0 heterocycles. The molecular formula is C16H23N. The number of likely N-dealkylation sites (N-methyl/N-ethyl adjacent to an activating group) is 1. The minimum Gasteiger partial charge on any atom is -0.345 e. The Morgan fingerprint density at radius 1 is 0.941 bits per heavy atom. The molecule has 0 saturated heterocycles. The summed E-state index contributed by atoms with van der Waals surface area (Å²) in [5.74, 6) is 0.